The molecule has 0 aliphatic carbocycles. The molecule has 6 heteroatoms. The van der Waals surface area contributed by atoms with Gasteiger partial charge in [0.25, 0.3) is 0 Å². The number of hydrogen-bond acceptors (Lipinski definition) is 4. The van der Waals surface area contributed by atoms with Crippen molar-refractivity contribution in [2.45, 2.75) is 0 Å². The number of hydrogen-bond donors (Lipinski definition) is 0. The number of aromatic nitrogens is 4. The fourth-order valence-electron chi connectivity index (χ4n) is 7.13. The molecule has 0 saturated carbocycles. The monoisotopic (exact) mass is 601 g/mol. The lowest BCUT2D eigenvalue weighted by molar-refractivity contribution is 0.666. The molecular weight excluding hydrogens is 578 g/mol. The molecular formula is C41H23N5O. The van der Waals surface area contributed by atoms with Crippen LogP contribution in [-0.4, -0.2) is 19.1 Å². The van der Waals surface area contributed by atoms with Crippen LogP contribution >= 0.6 is 0 Å². The summed E-state index contributed by atoms with van der Waals surface area (Å²) >= 11 is 0. The Morgan fingerprint density at radius 3 is 1.87 bits per heavy atom. The van der Waals surface area contributed by atoms with Gasteiger partial charge in [-0.3, -0.25) is 4.57 Å². The topological polar surface area (TPSA) is 72.6 Å². The third-order valence-corrected chi connectivity index (χ3v) is 9.17. The maximum Gasteiger partial charge on any atom is 0.236 e. The van der Waals surface area contributed by atoms with Crippen LogP contribution in [0.1, 0.15) is 5.56 Å². The van der Waals surface area contributed by atoms with Crippen molar-refractivity contribution in [2.24, 2.45) is 0 Å². The highest BCUT2D eigenvalue weighted by Crippen LogP contribution is 2.38. The summed E-state index contributed by atoms with van der Waals surface area (Å²) in [5, 5.41) is 15.0. The van der Waals surface area contributed by atoms with Gasteiger partial charge in [0, 0.05) is 38.2 Å². The van der Waals surface area contributed by atoms with E-state index in [2.05, 4.69) is 106 Å². The Morgan fingerprint density at radius 1 is 0.532 bits per heavy atom. The minimum absolute atomic E-state index is 0.586. The van der Waals surface area contributed by atoms with Crippen LogP contribution in [0.2, 0.25) is 0 Å². The molecule has 0 atom stereocenters. The van der Waals surface area contributed by atoms with Gasteiger partial charge in [-0.15, -0.1) is 0 Å². The normalized spacial score (nSPS) is 11.8. The Hall–Kier alpha value is -6.71. The molecule has 0 saturated heterocycles. The molecule has 10 rings (SSSR count). The van der Waals surface area contributed by atoms with E-state index in [1.807, 2.05) is 48.5 Å². The van der Waals surface area contributed by atoms with Crippen LogP contribution in [0.3, 0.4) is 0 Å². The van der Waals surface area contributed by atoms with Crippen molar-refractivity contribution >= 4 is 65.7 Å². The lowest BCUT2D eigenvalue weighted by Gasteiger charge is -2.12. The molecule has 0 N–H and O–H groups in total. The van der Waals surface area contributed by atoms with Gasteiger partial charge < -0.3 is 8.98 Å². The van der Waals surface area contributed by atoms with E-state index in [1.54, 1.807) is 0 Å². The van der Waals surface area contributed by atoms with Gasteiger partial charge in [0.15, 0.2) is 5.58 Å². The minimum atomic E-state index is 0.586. The quantitative estimate of drug-likeness (QED) is 0.202. The highest BCUT2D eigenvalue weighted by atomic mass is 16.3. The predicted molar refractivity (Wildman–Crippen MR) is 188 cm³/mol. The van der Waals surface area contributed by atoms with E-state index in [1.165, 1.54) is 0 Å². The smallest absolute Gasteiger partial charge is 0.236 e. The molecule has 0 spiro atoms. The molecule has 0 amide bonds. The predicted octanol–water partition coefficient (Wildman–Crippen LogP) is 10.1. The summed E-state index contributed by atoms with van der Waals surface area (Å²) in [4.78, 5) is 10.5. The first kappa shape index (κ1) is 25.6. The van der Waals surface area contributed by atoms with Crippen molar-refractivity contribution in [3.8, 4) is 29.0 Å². The highest BCUT2D eigenvalue weighted by Gasteiger charge is 2.21. The van der Waals surface area contributed by atoms with Gasteiger partial charge in [-0.05, 0) is 60.7 Å². The molecule has 4 heterocycles. The van der Waals surface area contributed by atoms with E-state index in [0.717, 1.165) is 77.0 Å². The summed E-state index contributed by atoms with van der Waals surface area (Å²) in [6, 6.07) is 49.7. The number of furan rings is 1. The van der Waals surface area contributed by atoms with Crippen LogP contribution in [0.5, 0.6) is 0 Å². The number of benzene rings is 6. The lowest BCUT2D eigenvalue weighted by atomic mass is 10.1. The van der Waals surface area contributed by atoms with Crippen molar-refractivity contribution in [3.05, 3.63) is 145 Å². The van der Waals surface area contributed by atoms with Crippen molar-refractivity contribution in [1.82, 2.24) is 19.1 Å². The molecule has 0 aliphatic heterocycles. The Labute approximate surface area is 268 Å². The van der Waals surface area contributed by atoms with Gasteiger partial charge in [-0.1, -0.05) is 78.9 Å². The number of rotatable bonds is 3. The maximum atomic E-state index is 9.62. The zero-order valence-corrected chi connectivity index (χ0v) is 24.9. The van der Waals surface area contributed by atoms with E-state index < -0.39 is 0 Å². The molecule has 6 nitrogen and oxygen atoms in total. The van der Waals surface area contributed by atoms with Gasteiger partial charge in [-0.25, -0.2) is 9.97 Å². The fraction of sp³-hybridized carbons (Fsp3) is 0. The molecule has 47 heavy (non-hydrogen) atoms. The third kappa shape index (κ3) is 3.65. The molecule has 4 aromatic heterocycles. The second-order valence-electron chi connectivity index (χ2n) is 11.8. The summed E-state index contributed by atoms with van der Waals surface area (Å²) in [5.74, 6) is 0.586. The van der Waals surface area contributed by atoms with Crippen LogP contribution < -0.4 is 0 Å². The van der Waals surface area contributed by atoms with Crippen LogP contribution in [0.4, 0.5) is 0 Å². The average Bonchev–Trinajstić information content (AvgIpc) is 3.79. The summed E-state index contributed by atoms with van der Waals surface area (Å²) < 4.78 is 10.9. The zero-order valence-electron chi connectivity index (χ0n) is 24.9. The molecule has 0 unspecified atom stereocenters. The fourth-order valence-corrected chi connectivity index (χ4v) is 7.13. The Bertz CT molecular complexity index is 2880. The first-order chi connectivity index (χ1) is 23.3. The van der Waals surface area contributed by atoms with Gasteiger partial charge in [-0.2, -0.15) is 5.26 Å². The lowest BCUT2D eigenvalue weighted by Crippen LogP contribution is -2.03. The first-order valence-corrected chi connectivity index (χ1v) is 15.5. The zero-order chi connectivity index (χ0) is 31.1. The molecule has 0 fully saturated rings. The highest BCUT2D eigenvalue weighted by molar-refractivity contribution is 6.11. The van der Waals surface area contributed by atoms with E-state index >= 15 is 0 Å². The van der Waals surface area contributed by atoms with Gasteiger partial charge >= 0.3 is 0 Å². The van der Waals surface area contributed by atoms with Crippen LogP contribution in [0.15, 0.2) is 144 Å². The summed E-state index contributed by atoms with van der Waals surface area (Å²) in [6.45, 7) is 0. The maximum absolute atomic E-state index is 9.62. The van der Waals surface area contributed by atoms with Crippen molar-refractivity contribution in [3.63, 3.8) is 0 Å². The molecule has 0 aliphatic rings. The number of nitrogens with zero attached hydrogens (tertiary/aromatic N) is 5. The Balaban J connectivity index is 1.27. The Kier molecular flexibility index (Phi) is 5.25. The van der Waals surface area contributed by atoms with Gasteiger partial charge in [0.05, 0.1) is 33.7 Å². The van der Waals surface area contributed by atoms with Crippen molar-refractivity contribution in [2.75, 3.05) is 0 Å². The van der Waals surface area contributed by atoms with E-state index in [9.17, 15) is 5.26 Å². The summed E-state index contributed by atoms with van der Waals surface area (Å²) in [7, 11) is 0. The molecule has 6 aromatic carbocycles. The largest absolute Gasteiger partial charge is 0.452 e. The SMILES string of the molecule is N#Cc1ccc2c(c1)c1ccccc1n2-c1cccc(-c2nc(-n3c4ccccc4c4ccccc43)nc3c2oc2ccccc23)c1. The molecule has 10 aromatic rings. The number of nitriles is 1. The third-order valence-electron chi connectivity index (χ3n) is 9.17. The standard InChI is InChI=1S/C41H23N5O/c42-24-25-20-21-36-32(22-25)30-14-3-5-16-33(30)45(36)27-11-9-10-26(23-27)38-40-39(31-15-4-8-19-37(31)47-40)44-41(43-38)46-34-17-6-1-12-28(34)29-13-2-7-18-35(29)46/h1-23H. The number of para-hydroxylation sites is 4. The average molecular weight is 602 g/mol. The molecule has 0 bridgehead atoms. The van der Waals surface area contributed by atoms with Crippen LogP contribution in [-0.2, 0) is 0 Å². The first-order valence-electron chi connectivity index (χ1n) is 15.5. The Morgan fingerprint density at radius 2 is 1.15 bits per heavy atom. The summed E-state index contributed by atoms with van der Waals surface area (Å²) in [5.41, 5.74) is 9.63. The summed E-state index contributed by atoms with van der Waals surface area (Å²) in [6.07, 6.45) is 0. The van der Waals surface area contributed by atoms with Crippen molar-refractivity contribution < 1.29 is 4.42 Å². The number of fused-ring (bicyclic) bond motifs is 9. The van der Waals surface area contributed by atoms with Crippen LogP contribution in [0, 0.1) is 11.3 Å². The van der Waals surface area contributed by atoms with Crippen molar-refractivity contribution in [1.29, 1.82) is 5.26 Å². The second kappa shape index (κ2) is 9.64. The molecule has 0 radical (unpaired) electrons. The van der Waals surface area contributed by atoms with E-state index in [4.69, 9.17) is 14.4 Å². The van der Waals surface area contributed by atoms with Gasteiger partial charge in [0.1, 0.15) is 16.8 Å². The second-order valence-corrected chi connectivity index (χ2v) is 11.8. The molecule has 218 valence electrons. The van der Waals surface area contributed by atoms with Crippen LogP contribution in [0.25, 0.3) is 88.6 Å². The minimum Gasteiger partial charge on any atom is -0.452 e. The van der Waals surface area contributed by atoms with Gasteiger partial charge in [0.2, 0.25) is 5.95 Å². The van der Waals surface area contributed by atoms with E-state index in [0.29, 0.717) is 17.1 Å². The van der Waals surface area contributed by atoms with E-state index in [-0.39, 0.29) is 0 Å².